The largest absolute Gasteiger partial charge is 0.355 e. The zero-order valence-corrected chi connectivity index (χ0v) is 13.8. The third-order valence-corrected chi connectivity index (χ3v) is 4.30. The number of nitrogens with zero attached hydrogens (tertiary/aromatic N) is 1. The Hall–Kier alpha value is -2.10. The minimum Gasteiger partial charge on any atom is -0.355 e. The average Bonchev–Trinajstić information content (AvgIpc) is 3.29. The Balaban J connectivity index is 1.73. The topological polar surface area (TPSA) is 49.4 Å². The molecule has 1 aliphatic carbocycles. The molecule has 124 valence electrons. The first-order valence-electron chi connectivity index (χ1n) is 8.32. The summed E-state index contributed by atoms with van der Waals surface area (Å²) in [6.45, 7) is 7.42. The van der Waals surface area contributed by atoms with Gasteiger partial charge in [0.25, 0.3) is 0 Å². The molecular formula is C19H26N2O2. The highest BCUT2D eigenvalue weighted by Crippen LogP contribution is 2.37. The lowest BCUT2D eigenvalue weighted by molar-refractivity contribution is -0.130. The van der Waals surface area contributed by atoms with Crippen LogP contribution in [0.4, 0.5) is 0 Å². The first-order valence-corrected chi connectivity index (χ1v) is 8.32. The lowest BCUT2D eigenvalue weighted by atomic mass is 10.1. The van der Waals surface area contributed by atoms with Crippen molar-refractivity contribution < 1.29 is 9.59 Å². The second kappa shape index (κ2) is 8.51. The van der Waals surface area contributed by atoms with Gasteiger partial charge in [-0.05, 0) is 24.3 Å². The normalized spacial score (nSPS) is 19.0. The zero-order chi connectivity index (χ0) is 16.7. The smallest absolute Gasteiger partial charge is 0.224 e. The van der Waals surface area contributed by atoms with E-state index in [0.717, 1.165) is 12.8 Å². The van der Waals surface area contributed by atoms with Crippen molar-refractivity contribution in [1.82, 2.24) is 10.2 Å². The molecule has 0 radical (unpaired) electrons. The van der Waals surface area contributed by atoms with E-state index in [1.807, 2.05) is 18.2 Å². The molecule has 1 N–H and O–H groups in total. The fourth-order valence-corrected chi connectivity index (χ4v) is 2.65. The monoisotopic (exact) mass is 314 g/mol. The fourth-order valence-electron chi connectivity index (χ4n) is 2.65. The standard InChI is InChI=1S/C19H26N2O2/c1-3-12-21(13-10-16-7-5-4-6-8-16)18(22)9-11-20-19(23)17-14-15(17)2/h3-8,15,17H,1,9-14H2,2H3,(H,20,23)/t15-,17-/m1/s1. The van der Waals surface area contributed by atoms with Gasteiger partial charge in [-0.15, -0.1) is 6.58 Å². The Morgan fingerprint density at radius 1 is 1.35 bits per heavy atom. The summed E-state index contributed by atoms with van der Waals surface area (Å²) in [4.78, 5) is 25.9. The van der Waals surface area contributed by atoms with Crippen molar-refractivity contribution in [2.45, 2.75) is 26.2 Å². The van der Waals surface area contributed by atoms with Crippen molar-refractivity contribution in [1.29, 1.82) is 0 Å². The van der Waals surface area contributed by atoms with Gasteiger partial charge in [0.1, 0.15) is 0 Å². The Morgan fingerprint density at radius 3 is 2.65 bits per heavy atom. The van der Waals surface area contributed by atoms with Crippen molar-refractivity contribution in [3.05, 3.63) is 48.6 Å². The van der Waals surface area contributed by atoms with Crippen molar-refractivity contribution in [3.63, 3.8) is 0 Å². The summed E-state index contributed by atoms with van der Waals surface area (Å²) in [7, 11) is 0. The number of hydrogen-bond donors (Lipinski definition) is 1. The second-order valence-electron chi connectivity index (χ2n) is 6.22. The summed E-state index contributed by atoms with van der Waals surface area (Å²) in [6.07, 6.45) is 3.88. The number of nitrogens with one attached hydrogen (secondary N) is 1. The predicted molar refractivity (Wildman–Crippen MR) is 91.8 cm³/mol. The quantitative estimate of drug-likeness (QED) is 0.712. The highest BCUT2D eigenvalue weighted by atomic mass is 16.2. The maximum absolute atomic E-state index is 12.3. The number of hydrogen-bond acceptors (Lipinski definition) is 2. The third-order valence-electron chi connectivity index (χ3n) is 4.30. The van der Waals surface area contributed by atoms with Crippen molar-refractivity contribution in [2.75, 3.05) is 19.6 Å². The van der Waals surface area contributed by atoms with Crippen LogP contribution in [0.1, 0.15) is 25.3 Å². The number of carbonyl (C=O) groups is 2. The van der Waals surface area contributed by atoms with Crippen LogP contribution in [0.15, 0.2) is 43.0 Å². The number of amides is 2. The molecule has 0 bridgehead atoms. The van der Waals surface area contributed by atoms with E-state index >= 15 is 0 Å². The molecule has 0 spiro atoms. The molecule has 0 aliphatic heterocycles. The van der Waals surface area contributed by atoms with Gasteiger partial charge in [-0.25, -0.2) is 0 Å². The summed E-state index contributed by atoms with van der Waals surface area (Å²) in [5, 5.41) is 2.86. The van der Waals surface area contributed by atoms with Crippen LogP contribution in [-0.4, -0.2) is 36.3 Å². The highest BCUT2D eigenvalue weighted by molar-refractivity contribution is 5.82. The van der Waals surface area contributed by atoms with Crippen LogP contribution in [0.2, 0.25) is 0 Å². The second-order valence-corrected chi connectivity index (χ2v) is 6.22. The van der Waals surface area contributed by atoms with Gasteiger partial charge in [-0.1, -0.05) is 43.3 Å². The molecule has 1 aliphatic rings. The number of benzene rings is 1. The number of rotatable bonds is 9. The van der Waals surface area contributed by atoms with E-state index in [0.29, 0.717) is 32.0 Å². The van der Waals surface area contributed by atoms with Crippen molar-refractivity contribution in [3.8, 4) is 0 Å². The number of carbonyl (C=O) groups excluding carboxylic acids is 2. The molecule has 1 aromatic carbocycles. The Bertz CT molecular complexity index is 542. The van der Waals surface area contributed by atoms with E-state index < -0.39 is 0 Å². The summed E-state index contributed by atoms with van der Waals surface area (Å²) < 4.78 is 0. The van der Waals surface area contributed by atoms with Gasteiger partial charge in [0.15, 0.2) is 0 Å². The van der Waals surface area contributed by atoms with Gasteiger partial charge in [-0.3, -0.25) is 9.59 Å². The third kappa shape index (κ3) is 5.55. The minimum absolute atomic E-state index is 0.0602. The van der Waals surface area contributed by atoms with Gasteiger partial charge < -0.3 is 10.2 Å². The Morgan fingerprint density at radius 2 is 2.04 bits per heavy atom. The average molecular weight is 314 g/mol. The summed E-state index contributed by atoms with van der Waals surface area (Å²) in [5.41, 5.74) is 1.21. The van der Waals surface area contributed by atoms with E-state index in [1.165, 1.54) is 5.56 Å². The molecule has 2 amide bonds. The van der Waals surface area contributed by atoms with E-state index in [2.05, 4.69) is 31.0 Å². The van der Waals surface area contributed by atoms with Crippen LogP contribution in [0, 0.1) is 11.8 Å². The molecule has 4 nitrogen and oxygen atoms in total. The van der Waals surface area contributed by atoms with E-state index in [-0.39, 0.29) is 17.7 Å². The van der Waals surface area contributed by atoms with Crippen LogP contribution in [0.5, 0.6) is 0 Å². The lowest BCUT2D eigenvalue weighted by Gasteiger charge is -2.21. The first kappa shape index (κ1) is 17.3. The van der Waals surface area contributed by atoms with Crippen LogP contribution in [-0.2, 0) is 16.0 Å². The molecule has 0 saturated heterocycles. The maximum Gasteiger partial charge on any atom is 0.224 e. The van der Waals surface area contributed by atoms with E-state index in [9.17, 15) is 9.59 Å². The Labute approximate surface area is 138 Å². The molecule has 0 heterocycles. The summed E-state index contributed by atoms with van der Waals surface area (Å²) in [6, 6.07) is 10.1. The van der Waals surface area contributed by atoms with Crippen LogP contribution < -0.4 is 5.32 Å². The van der Waals surface area contributed by atoms with Crippen molar-refractivity contribution >= 4 is 11.8 Å². The summed E-state index contributed by atoms with van der Waals surface area (Å²) >= 11 is 0. The molecule has 23 heavy (non-hydrogen) atoms. The first-order chi connectivity index (χ1) is 11.1. The van der Waals surface area contributed by atoms with Crippen LogP contribution in [0.3, 0.4) is 0 Å². The summed E-state index contributed by atoms with van der Waals surface area (Å²) in [5.74, 6) is 0.802. The van der Waals surface area contributed by atoms with Crippen LogP contribution >= 0.6 is 0 Å². The van der Waals surface area contributed by atoms with Gasteiger partial charge in [0, 0.05) is 32.0 Å². The van der Waals surface area contributed by atoms with Gasteiger partial charge >= 0.3 is 0 Å². The van der Waals surface area contributed by atoms with Crippen molar-refractivity contribution in [2.24, 2.45) is 11.8 Å². The molecule has 2 rings (SSSR count). The highest BCUT2D eigenvalue weighted by Gasteiger charge is 2.38. The molecular weight excluding hydrogens is 288 g/mol. The van der Waals surface area contributed by atoms with Gasteiger partial charge in [0.05, 0.1) is 0 Å². The molecule has 4 heteroatoms. The Kier molecular flexibility index (Phi) is 6.39. The van der Waals surface area contributed by atoms with Crippen LogP contribution in [0.25, 0.3) is 0 Å². The molecule has 1 aromatic rings. The fraction of sp³-hybridized carbons (Fsp3) is 0.474. The molecule has 0 aromatic heterocycles. The molecule has 1 fully saturated rings. The minimum atomic E-state index is 0.0602. The van der Waals surface area contributed by atoms with Gasteiger partial charge in [0.2, 0.25) is 11.8 Å². The molecule has 0 unspecified atom stereocenters. The van der Waals surface area contributed by atoms with E-state index in [1.54, 1.807) is 11.0 Å². The molecule has 1 saturated carbocycles. The van der Waals surface area contributed by atoms with E-state index in [4.69, 9.17) is 0 Å². The zero-order valence-electron chi connectivity index (χ0n) is 13.8. The lowest BCUT2D eigenvalue weighted by Crippen LogP contribution is -2.36. The SMILES string of the molecule is C=CCN(CCc1ccccc1)C(=O)CCNC(=O)[C@@H]1C[C@H]1C. The predicted octanol–water partition coefficient (Wildman–Crippen LogP) is 2.41. The maximum atomic E-state index is 12.3. The van der Waals surface area contributed by atoms with Gasteiger partial charge in [-0.2, -0.15) is 0 Å². The molecule has 2 atom stereocenters.